The smallest absolute Gasteiger partial charge is 0.0701 e. The van der Waals surface area contributed by atoms with Crippen LogP contribution in [0.25, 0.3) is 0 Å². The molecule has 2 heteroatoms. The van der Waals surface area contributed by atoms with E-state index in [2.05, 4.69) is 30.7 Å². The zero-order valence-electron chi connectivity index (χ0n) is 15.2. The first-order chi connectivity index (χ1) is 10.8. The molecule has 0 radical (unpaired) electrons. The predicted octanol–water partition coefficient (Wildman–Crippen LogP) is 6.03. The Morgan fingerprint density at radius 3 is 1.82 bits per heavy atom. The average Bonchev–Trinajstić information content (AvgIpc) is 3.40. The van der Waals surface area contributed by atoms with Gasteiger partial charge in [0.2, 0.25) is 0 Å². The molecule has 132 valence electrons. The predicted molar refractivity (Wildman–Crippen MR) is 97.3 cm³/mol. The molecule has 22 heavy (non-hydrogen) atoms. The number of hydrogen-bond acceptors (Lipinski definition) is 2. The highest BCUT2D eigenvalue weighted by molar-refractivity contribution is 4.81. The number of unbranched alkanes of at least 4 members (excludes halogenated alkanes) is 9. The van der Waals surface area contributed by atoms with Crippen LogP contribution in [-0.2, 0) is 4.74 Å². The number of aliphatic hydroxyl groups is 1. The van der Waals surface area contributed by atoms with Crippen LogP contribution < -0.4 is 0 Å². The minimum absolute atomic E-state index is 0.0664. The van der Waals surface area contributed by atoms with Crippen molar-refractivity contribution in [3.8, 4) is 0 Å². The molecule has 1 atom stereocenters. The first-order valence-corrected chi connectivity index (χ1v) is 9.72. The summed E-state index contributed by atoms with van der Waals surface area (Å²) in [6.45, 7) is 6.32. The average molecular weight is 313 g/mol. The van der Waals surface area contributed by atoms with Gasteiger partial charge in [0, 0.05) is 0 Å². The monoisotopic (exact) mass is 312 g/mol. The molecule has 1 aliphatic heterocycles. The third-order valence-electron chi connectivity index (χ3n) is 3.97. The normalized spacial score (nSPS) is 14.7. The molecule has 0 aliphatic carbocycles. The van der Waals surface area contributed by atoms with E-state index in [0.29, 0.717) is 0 Å². The first-order valence-electron chi connectivity index (χ1n) is 9.72. The highest BCUT2D eigenvalue weighted by Crippen LogP contribution is 2.10. The molecule has 1 aliphatic rings. The minimum atomic E-state index is -0.0664. The van der Waals surface area contributed by atoms with Gasteiger partial charge in [-0.1, -0.05) is 70.9 Å². The van der Waals surface area contributed by atoms with Crippen molar-refractivity contribution in [3.05, 3.63) is 12.2 Å². The standard InChI is InChI=1S/C18H36O.C2H4O/c1-3-5-6-7-8-9-10-11-12-13-14-15-16-17-18(19)4-2;1-2-3-1/h11-12,18-19H,3-10,13-17H2,1-2H3;1-2H2/b12-11-;. The summed E-state index contributed by atoms with van der Waals surface area (Å²) in [6, 6.07) is 0. The Kier molecular flexibility index (Phi) is 18.4. The Hall–Kier alpha value is -0.340. The van der Waals surface area contributed by atoms with E-state index < -0.39 is 0 Å². The van der Waals surface area contributed by atoms with E-state index in [4.69, 9.17) is 0 Å². The van der Waals surface area contributed by atoms with Gasteiger partial charge in [0.15, 0.2) is 0 Å². The van der Waals surface area contributed by atoms with Gasteiger partial charge in [-0.25, -0.2) is 0 Å². The van der Waals surface area contributed by atoms with Crippen molar-refractivity contribution < 1.29 is 9.84 Å². The molecule has 0 amide bonds. The molecular formula is C20H40O2. The molecule has 0 spiro atoms. The van der Waals surface area contributed by atoms with Gasteiger partial charge in [0.05, 0.1) is 19.3 Å². The van der Waals surface area contributed by atoms with Crippen LogP contribution >= 0.6 is 0 Å². The zero-order chi connectivity index (χ0) is 16.3. The quantitative estimate of drug-likeness (QED) is 0.241. The van der Waals surface area contributed by atoms with Gasteiger partial charge >= 0.3 is 0 Å². The van der Waals surface area contributed by atoms with E-state index in [1.807, 2.05) is 0 Å². The van der Waals surface area contributed by atoms with Gasteiger partial charge in [-0.05, 0) is 38.5 Å². The van der Waals surface area contributed by atoms with Gasteiger partial charge in [0.1, 0.15) is 0 Å². The largest absolute Gasteiger partial charge is 0.393 e. The van der Waals surface area contributed by atoms with E-state index in [1.54, 1.807) is 0 Å². The van der Waals surface area contributed by atoms with Crippen LogP contribution in [0.15, 0.2) is 12.2 Å². The molecule has 0 bridgehead atoms. The van der Waals surface area contributed by atoms with Gasteiger partial charge in [-0.3, -0.25) is 0 Å². The van der Waals surface area contributed by atoms with Gasteiger partial charge in [0.25, 0.3) is 0 Å². The molecule has 0 aromatic carbocycles. The molecular weight excluding hydrogens is 272 g/mol. The fourth-order valence-corrected chi connectivity index (χ4v) is 2.30. The first kappa shape index (κ1) is 21.7. The Balaban J connectivity index is 0.00000129. The summed E-state index contributed by atoms with van der Waals surface area (Å²) in [6.07, 6.45) is 21.1. The second kappa shape index (κ2) is 18.7. The Labute approximate surface area is 139 Å². The number of ether oxygens (including phenoxy) is 1. The summed E-state index contributed by atoms with van der Waals surface area (Å²) in [4.78, 5) is 0. The van der Waals surface area contributed by atoms with Crippen molar-refractivity contribution in [2.75, 3.05) is 13.2 Å². The molecule has 0 aromatic rings. The summed E-state index contributed by atoms with van der Waals surface area (Å²) in [5.41, 5.74) is 0. The molecule has 1 fully saturated rings. The summed E-state index contributed by atoms with van der Waals surface area (Å²) in [7, 11) is 0. The summed E-state index contributed by atoms with van der Waals surface area (Å²) in [5.74, 6) is 0. The molecule has 1 rings (SSSR count). The number of aliphatic hydroxyl groups excluding tert-OH is 1. The lowest BCUT2D eigenvalue weighted by Gasteiger charge is -2.05. The lowest BCUT2D eigenvalue weighted by Crippen LogP contribution is -2.03. The lowest BCUT2D eigenvalue weighted by atomic mass is 10.1. The van der Waals surface area contributed by atoms with Gasteiger partial charge in [-0.2, -0.15) is 0 Å². The second-order valence-electron chi connectivity index (χ2n) is 6.34. The van der Waals surface area contributed by atoms with E-state index in [-0.39, 0.29) is 6.10 Å². The zero-order valence-corrected chi connectivity index (χ0v) is 15.2. The van der Waals surface area contributed by atoms with Crippen LogP contribution in [-0.4, -0.2) is 24.4 Å². The molecule has 2 nitrogen and oxygen atoms in total. The minimum Gasteiger partial charge on any atom is -0.393 e. The number of epoxide rings is 1. The Morgan fingerprint density at radius 1 is 0.818 bits per heavy atom. The fourth-order valence-electron chi connectivity index (χ4n) is 2.30. The highest BCUT2D eigenvalue weighted by Gasteiger charge is 1.98. The van der Waals surface area contributed by atoms with Crippen molar-refractivity contribution in [1.29, 1.82) is 0 Å². The SMILES string of the molecule is C1CO1.CCCCCCCC/C=C\CCCCCC(O)CC. The van der Waals surface area contributed by atoms with Crippen LogP contribution in [0.2, 0.25) is 0 Å². The topological polar surface area (TPSA) is 32.8 Å². The third kappa shape index (κ3) is 21.9. The molecule has 0 saturated carbocycles. The van der Waals surface area contributed by atoms with Crippen LogP contribution in [0.3, 0.4) is 0 Å². The van der Waals surface area contributed by atoms with E-state index in [9.17, 15) is 5.11 Å². The van der Waals surface area contributed by atoms with Gasteiger partial charge in [-0.15, -0.1) is 0 Å². The fraction of sp³-hybridized carbons (Fsp3) is 0.900. The van der Waals surface area contributed by atoms with Crippen molar-refractivity contribution in [1.82, 2.24) is 0 Å². The molecule has 0 aromatic heterocycles. The highest BCUT2D eigenvalue weighted by atomic mass is 16.6. The van der Waals surface area contributed by atoms with E-state index in [0.717, 1.165) is 26.1 Å². The summed E-state index contributed by atoms with van der Waals surface area (Å²) in [5, 5.41) is 9.42. The molecule has 1 N–H and O–H groups in total. The Morgan fingerprint density at radius 2 is 1.32 bits per heavy atom. The Bertz CT molecular complexity index is 221. The van der Waals surface area contributed by atoms with Crippen molar-refractivity contribution in [2.24, 2.45) is 0 Å². The second-order valence-corrected chi connectivity index (χ2v) is 6.34. The van der Waals surface area contributed by atoms with Crippen molar-refractivity contribution in [2.45, 2.75) is 103 Å². The summed E-state index contributed by atoms with van der Waals surface area (Å²) >= 11 is 0. The van der Waals surface area contributed by atoms with Crippen LogP contribution in [0.1, 0.15) is 97.3 Å². The molecule has 1 unspecified atom stereocenters. The maximum Gasteiger partial charge on any atom is 0.0701 e. The number of rotatable bonds is 14. The summed E-state index contributed by atoms with van der Waals surface area (Å²) < 4.78 is 4.50. The van der Waals surface area contributed by atoms with Crippen molar-refractivity contribution in [3.63, 3.8) is 0 Å². The van der Waals surface area contributed by atoms with Crippen LogP contribution in [0, 0.1) is 0 Å². The lowest BCUT2D eigenvalue weighted by molar-refractivity contribution is 0.156. The molecule has 1 saturated heterocycles. The maximum absolute atomic E-state index is 9.42. The number of allylic oxidation sites excluding steroid dienone is 2. The maximum atomic E-state index is 9.42. The van der Waals surface area contributed by atoms with Gasteiger partial charge < -0.3 is 9.84 Å². The third-order valence-corrected chi connectivity index (χ3v) is 3.97. The van der Waals surface area contributed by atoms with Crippen LogP contribution in [0.4, 0.5) is 0 Å². The van der Waals surface area contributed by atoms with Crippen LogP contribution in [0.5, 0.6) is 0 Å². The molecule has 1 heterocycles. The van der Waals surface area contributed by atoms with E-state index in [1.165, 1.54) is 70.6 Å². The number of hydrogen-bond donors (Lipinski definition) is 1. The van der Waals surface area contributed by atoms with E-state index >= 15 is 0 Å². The van der Waals surface area contributed by atoms with Crippen molar-refractivity contribution >= 4 is 0 Å².